The summed E-state index contributed by atoms with van der Waals surface area (Å²) in [5, 5.41) is 1.85. The van der Waals surface area contributed by atoms with Crippen LogP contribution in [0, 0.1) is 0 Å². The van der Waals surface area contributed by atoms with Gasteiger partial charge < -0.3 is 10.1 Å². The molecule has 0 saturated carbocycles. The van der Waals surface area contributed by atoms with Crippen LogP contribution < -0.4 is 5.32 Å². The van der Waals surface area contributed by atoms with Gasteiger partial charge in [-0.05, 0) is 12.1 Å². The van der Waals surface area contributed by atoms with Gasteiger partial charge in [-0.1, -0.05) is 30.7 Å². The van der Waals surface area contributed by atoms with E-state index in [1.54, 1.807) is 12.1 Å². The van der Waals surface area contributed by atoms with Crippen molar-refractivity contribution in [3.8, 4) is 0 Å². The van der Waals surface area contributed by atoms with Gasteiger partial charge in [0.2, 0.25) is 15.0 Å². The van der Waals surface area contributed by atoms with Gasteiger partial charge in [-0.2, -0.15) is 0 Å². The molecule has 0 aliphatic heterocycles. The van der Waals surface area contributed by atoms with Crippen molar-refractivity contribution in [2.24, 2.45) is 0 Å². The maximum absolute atomic E-state index is 12.4. The second-order valence-electron chi connectivity index (χ2n) is 4.74. The van der Waals surface area contributed by atoms with E-state index in [1.165, 1.54) is 26.2 Å². The predicted molar refractivity (Wildman–Crippen MR) is 90.5 cm³/mol. The van der Waals surface area contributed by atoms with Crippen molar-refractivity contribution in [3.05, 3.63) is 46.7 Å². The molecule has 25 heavy (non-hydrogen) atoms. The van der Waals surface area contributed by atoms with E-state index in [4.69, 9.17) is 11.6 Å². The van der Waals surface area contributed by atoms with E-state index in [2.05, 4.69) is 20.0 Å². The van der Waals surface area contributed by atoms with Crippen molar-refractivity contribution in [2.45, 2.75) is 12.1 Å². The number of rotatable bonds is 5. The van der Waals surface area contributed by atoms with Crippen molar-refractivity contribution in [1.82, 2.24) is 9.97 Å². The van der Waals surface area contributed by atoms with Crippen LogP contribution in [-0.4, -0.2) is 43.1 Å². The average molecular weight is 384 g/mol. The highest BCUT2D eigenvalue weighted by Crippen LogP contribution is 2.20. The molecule has 0 saturated heterocycles. The fourth-order valence-corrected chi connectivity index (χ4v) is 2.73. The Morgan fingerprint density at radius 3 is 2.60 bits per heavy atom. The van der Waals surface area contributed by atoms with E-state index in [9.17, 15) is 18.0 Å². The van der Waals surface area contributed by atoms with E-state index < -0.39 is 26.9 Å². The number of hydrogen-bond acceptors (Lipinski definition) is 7. The van der Waals surface area contributed by atoms with Crippen molar-refractivity contribution < 1.29 is 22.7 Å². The minimum atomic E-state index is -3.70. The molecule has 1 aromatic heterocycles. The molecule has 2 rings (SSSR count). The number of amides is 1. The number of benzene rings is 1. The van der Waals surface area contributed by atoms with Gasteiger partial charge in [0.15, 0.2) is 5.69 Å². The van der Waals surface area contributed by atoms with Crippen LogP contribution in [0.3, 0.4) is 0 Å². The zero-order valence-corrected chi connectivity index (χ0v) is 14.9. The molecule has 1 heterocycles. The molecule has 8 nitrogen and oxygen atoms in total. The molecule has 0 bridgehead atoms. The highest BCUT2D eigenvalue weighted by atomic mass is 35.5. The van der Waals surface area contributed by atoms with Crippen LogP contribution in [0.4, 0.5) is 5.69 Å². The Balaban J connectivity index is 2.40. The van der Waals surface area contributed by atoms with Crippen LogP contribution >= 0.6 is 11.6 Å². The molecule has 1 N–H and O–H groups in total. The number of ether oxygens (including phenoxy) is 1. The van der Waals surface area contributed by atoms with E-state index in [-0.39, 0.29) is 27.7 Å². The second-order valence-corrected chi connectivity index (χ2v) is 7.32. The van der Waals surface area contributed by atoms with E-state index in [0.717, 1.165) is 6.20 Å². The molecule has 0 aliphatic carbocycles. The van der Waals surface area contributed by atoms with Gasteiger partial charge in [0.05, 0.1) is 35.3 Å². The summed E-state index contributed by atoms with van der Waals surface area (Å²) in [6.45, 7) is 1.43. The predicted octanol–water partition coefficient (Wildman–Crippen LogP) is 1.96. The Kier molecular flexibility index (Phi) is 5.70. The number of methoxy groups -OCH3 is 1. The second kappa shape index (κ2) is 7.58. The molecular formula is C15H14ClN3O5S. The SMILES string of the molecule is CCS(=O)(=O)c1ncc(Cl)c(C(=O)Nc2ccccc2C(=O)OC)n1. The monoisotopic (exact) mass is 383 g/mol. The van der Waals surface area contributed by atoms with Crippen LogP contribution in [0.15, 0.2) is 35.6 Å². The largest absolute Gasteiger partial charge is 0.465 e. The number of aromatic nitrogens is 2. The lowest BCUT2D eigenvalue weighted by Gasteiger charge is -2.10. The lowest BCUT2D eigenvalue weighted by molar-refractivity contribution is 0.0602. The number of nitrogens with one attached hydrogen (secondary N) is 1. The molecule has 0 fully saturated rings. The van der Waals surface area contributed by atoms with Crippen molar-refractivity contribution in [1.29, 1.82) is 0 Å². The average Bonchev–Trinajstić information content (AvgIpc) is 2.61. The number of anilines is 1. The smallest absolute Gasteiger partial charge is 0.339 e. The number of carbonyl (C=O) groups is 2. The Hall–Kier alpha value is -2.52. The van der Waals surface area contributed by atoms with Gasteiger partial charge in [0.25, 0.3) is 5.91 Å². The lowest BCUT2D eigenvalue weighted by Crippen LogP contribution is -2.19. The van der Waals surface area contributed by atoms with Crippen molar-refractivity contribution in [2.75, 3.05) is 18.2 Å². The molecule has 0 unspecified atom stereocenters. The van der Waals surface area contributed by atoms with Gasteiger partial charge in [-0.15, -0.1) is 0 Å². The number of esters is 1. The summed E-state index contributed by atoms with van der Waals surface area (Å²) in [5.41, 5.74) is -0.0118. The van der Waals surface area contributed by atoms with Crippen LogP contribution in [0.5, 0.6) is 0 Å². The molecule has 10 heteroatoms. The molecule has 0 aliphatic rings. The molecule has 2 aromatic rings. The number of hydrogen-bond donors (Lipinski definition) is 1. The quantitative estimate of drug-likeness (QED) is 0.619. The summed E-state index contributed by atoms with van der Waals surface area (Å²) in [5.74, 6) is -1.64. The van der Waals surface area contributed by atoms with Crippen molar-refractivity contribution in [3.63, 3.8) is 0 Å². The zero-order valence-electron chi connectivity index (χ0n) is 13.3. The maximum Gasteiger partial charge on any atom is 0.339 e. The number of sulfone groups is 1. The first-order valence-electron chi connectivity index (χ1n) is 7.04. The summed E-state index contributed by atoms with van der Waals surface area (Å²) in [4.78, 5) is 31.6. The third-order valence-corrected chi connectivity index (χ3v) is 4.97. The Morgan fingerprint density at radius 1 is 1.28 bits per heavy atom. The summed E-state index contributed by atoms with van der Waals surface area (Å²) in [7, 11) is -2.49. The molecule has 0 spiro atoms. The van der Waals surface area contributed by atoms with Gasteiger partial charge in [-0.25, -0.2) is 23.2 Å². The van der Waals surface area contributed by atoms with Crippen LogP contribution in [-0.2, 0) is 14.6 Å². The molecule has 0 atom stereocenters. The first-order chi connectivity index (χ1) is 11.8. The number of para-hydroxylation sites is 1. The Morgan fingerprint density at radius 2 is 1.96 bits per heavy atom. The summed E-state index contributed by atoms with van der Waals surface area (Å²) < 4.78 is 28.4. The molecular weight excluding hydrogens is 370 g/mol. The van der Waals surface area contributed by atoms with Gasteiger partial charge in [0.1, 0.15) is 0 Å². The normalized spacial score (nSPS) is 11.0. The highest BCUT2D eigenvalue weighted by Gasteiger charge is 2.22. The minimum absolute atomic E-state index is 0.122. The first-order valence-corrected chi connectivity index (χ1v) is 9.07. The summed E-state index contributed by atoms with van der Waals surface area (Å²) >= 11 is 5.91. The molecule has 1 aromatic carbocycles. The summed E-state index contributed by atoms with van der Waals surface area (Å²) in [6, 6.07) is 6.17. The Labute approximate surface area is 149 Å². The molecule has 132 valence electrons. The van der Waals surface area contributed by atoms with Gasteiger partial charge in [-0.3, -0.25) is 4.79 Å². The lowest BCUT2D eigenvalue weighted by atomic mass is 10.1. The minimum Gasteiger partial charge on any atom is -0.465 e. The summed E-state index contributed by atoms with van der Waals surface area (Å²) in [6.07, 6.45) is 1.04. The molecule has 1 amide bonds. The third kappa shape index (κ3) is 4.12. The fourth-order valence-electron chi connectivity index (χ4n) is 1.85. The van der Waals surface area contributed by atoms with E-state index >= 15 is 0 Å². The van der Waals surface area contributed by atoms with Crippen LogP contribution in [0.25, 0.3) is 0 Å². The number of nitrogens with zero attached hydrogens (tertiary/aromatic N) is 2. The number of carbonyl (C=O) groups excluding carboxylic acids is 2. The third-order valence-electron chi connectivity index (χ3n) is 3.18. The standard InChI is InChI=1S/C15H14ClN3O5S/c1-3-25(22,23)15-17-8-10(16)12(19-15)13(20)18-11-7-5-4-6-9(11)14(21)24-2/h4-8H,3H2,1-2H3,(H,18,20). The van der Waals surface area contributed by atoms with Crippen LogP contribution in [0.1, 0.15) is 27.8 Å². The Bertz CT molecular complexity index is 931. The van der Waals surface area contributed by atoms with E-state index in [0.29, 0.717) is 0 Å². The zero-order chi connectivity index (χ0) is 18.6. The van der Waals surface area contributed by atoms with Gasteiger partial charge >= 0.3 is 5.97 Å². The highest BCUT2D eigenvalue weighted by molar-refractivity contribution is 7.91. The molecule has 0 radical (unpaired) electrons. The van der Waals surface area contributed by atoms with Crippen molar-refractivity contribution >= 4 is 39.0 Å². The van der Waals surface area contributed by atoms with E-state index in [1.807, 2.05) is 0 Å². The fraction of sp³-hybridized carbons (Fsp3) is 0.200. The van der Waals surface area contributed by atoms with Crippen LogP contribution in [0.2, 0.25) is 5.02 Å². The maximum atomic E-state index is 12.4. The number of halogens is 1. The first kappa shape index (κ1) is 18.8. The topological polar surface area (TPSA) is 115 Å². The van der Waals surface area contributed by atoms with Gasteiger partial charge in [0, 0.05) is 0 Å².